The fraction of sp³-hybridized carbons (Fsp3) is 0.750. The highest BCUT2D eigenvalue weighted by molar-refractivity contribution is 5.66. The van der Waals surface area contributed by atoms with Gasteiger partial charge in [0.05, 0.1) is 18.3 Å². The smallest absolute Gasteiger partial charge is 0.303 e. The second-order valence-corrected chi connectivity index (χ2v) is 7.05. The average molecular weight is 352 g/mol. The molecule has 25 heavy (non-hydrogen) atoms. The number of fused-ring (bicyclic) bond motifs is 2. The molecule has 2 N–H and O–H groups in total. The lowest BCUT2D eigenvalue weighted by molar-refractivity contribution is -0.337. The minimum absolute atomic E-state index is 0.0120. The van der Waals surface area contributed by atoms with Crippen molar-refractivity contribution in [3.63, 3.8) is 0 Å². The molecule has 5 nitrogen and oxygen atoms in total. The number of hydrogen-bond acceptors (Lipinski definition) is 4. The topological polar surface area (TPSA) is 76.0 Å². The minimum Gasteiger partial charge on any atom is -0.481 e. The zero-order chi connectivity index (χ0) is 18.1. The van der Waals surface area contributed by atoms with E-state index in [1.165, 1.54) is 0 Å². The maximum Gasteiger partial charge on any atom is 0.303 e. The normalized spacial score (nSPS) is 29.8. The van der Waals surface area contributed by atoms with Crippen LogP contribution in [0.1, 0.15) is 64.7 Å². The summed E-state index contributed by atoms with van der Waals surface area (Å²) >= 11 is 0. The third-order valence-corrected chi connectivity index (χ3v) is 4.92. The fourth-order valence-corrected chi connectivity index (χ4v) is 3.38. The number of allylic oxidation sites excluding steroid dienone is 2. The van der Waals surface area contributed by atoms with Crippen molar-refractivity contribution in [3.05, 3.63) is 24.3 Å². The van der Waals surface area contributed by atoms with Crippen LogP contribution in [0, 0.1) is 5.92 Å². The van der Waals surface area contributed by atoms with Crippen LogP contribution in [0.4, 0.5) is 0 Å². The average Bonchev–Trinajstić information content (AvgIpc) is 2.55. The molecule has 3 heterocycles. The van der Waals surface area contributed by atoms with Crippen LogP contribution in [-0.4, -0.2) is 40.8 Å². The van der Waals surface area contributed by atoms with Gasteiger partial charge in [-0.2, -0.15) is 0 Å². The van der Waals surface area contributed by atoms with E-state index in [2.05, 4.69) is 13.0 Å². The summed E-state index contributed by atoms with van der Waals surface area (Å²) in [6.45, 7) is 2.16. The molecule has 3 aliphatic rings. The molecule has 3 fully saturated rings. The number of aliphatic hydroxyl groups is 1. The van der Waals surface area contributed by atoms with Gasteiger partial charge in [0.25, 0.3) is 0 Å². The van der Waals surface area contributed by atoms with Gasteiger partial charge in [0, 0.05) is 18.8 Å². The second kappa shape index (κ2) is 10.7. The predicted molar refractivity (Wildman–Crippen MR) is 96.2 cm³/mol. The van der Waals surface area contributed by atoms with E-state index in [4.69, 9.17) is 14.6 Å². The van der Waals surface area contributed by atoms with Crippen molar-refractivity contribution in [2.75, 3.05) is 0 Å². The molecule has 0 aliphatic carbocycles. The van der Waals surface area contributed by atoms with Crippen LogP contribution < -0.4 is 0 Å². The summed E-state index contributed by atoms with van der Waals surface area (Å²) < 4.78 is 11.6. The number of ether oxygens (including phenoxy) is 2. The molecule has 2 bridgehead atoms. The zero-order valence-corrected chi connectivity index (χ0v) is 15.2. The highest BCUT2D eigenvalue weighted by Gasteiger charge is 2.46. The van der Waals surface area contributed by atoms with E-state index in [0.717, 1.165) is 44.9 Å². The summed E-state index contributed by atoms with van der Waals surface area (Å²) in [7, 11) is 0. The number of carboxylic acid groups (broad SMARTS) is 1. The van der Waals surface area contributed by atoms with E-state index in [0.29, 0.717) is 6.42 Å². The van der Waals surface area contributed by atoms with Crippen LogP contribution in [0.3, 0.4) is 0 Å². The molecule has 0 saturated carbocycles. The monoisotopic (exact) mass is 352 g/mol. The lowest BCUT2D eigenvalue weighted by Gasteiger charge is -2.49. The SMILES string of the molecule is CCCCC[C@H](O)/C=C/[C@H]1O[C@H]2C[C@H](O2)[C@@H]1CC=CCCCC(=O)O. The Bertz CT molecular complexity index is 453. The molecule has 0 radical (unpaired) electrons. The van der Waals surface area contributed by atoms with Crippen LogP contribution in [0.5, 0.6) is 0 Å². The van der Waals surface area contributed by atoms with Crippen molar-refractivity contribution in [2.45, 2.75) is 89.3 Å². The molecule has 3 aliphatic heterocycles. The van der Waals surface area contributed by atoms with Crippen molar-refractivity contribution in [3.8, 4) is 0 Å². The maximum atomic E-state index is 10.5. The Morgan fingerprint density at radius 1 is 1.24 bits per heavy atom. The highest BCUT2D eigenvalue weighted by atomic mass is 16.7. The van der Waals surface area contributed by atoms with Gasteiger partial charge < -0.3 is 19.7 Å². The van der Waals surface area contributed by atoms with Crippen molar-refractivity contribution in [1.82, 2.24) is 0 Å². The van der Waals surface area contributed by atoms with Crippen LogP contribution in [0.2, 0.25) is 0 Å². The zero-order valence-electron chi connectivity index (χ0n) is 15.2. The number of aliphatic hydroxyl groups excluding tert-OH is 1. The molecule has 0 aromatic carbocycles. The van der Waals surface area contributed by atoms with Gasteiger partial charge in [-0.25, -0.2) is 0 Å². The van der Waals surface area contributed by atoms with Crippen molar-refractivity contribution >= 4 is 5.97 Å². The van der Waals surface area contributed by atoms with Crippen LogP contribution in [0.25, 0.3) is 0 Å². The summed E-state index contributed by atoms with van der Waals surface area (Å²) in [5.74, 6) is -0.481. The van der Waals surface area contributed by atoms with Crippen LogP contribution in [-0.2, 0) is 14.3 Å². The first-order valence-corrected chi connectivity index (χ1v) is 9.64. The van der Waals surface area contributed by atoms with Gasteiger partial charge in [-0.15, -0.1) is 0 Å². The van der Waals surface area contributed by atoms with Gasteiger partial charge in [0.1, 0.15) is 0 Å². The van der Waals surface area contributed by atoms with E-state index in [9.17, 15) is 9.90 Å². The van der Waals surface area contributed by atoms with E-state index < -0.39 is 12.1 Å². The fourth-order valence-electron chi connectivity index (χ4n) is 3.38. The van der Waals surface area contributed by atoms with Gasteiger partial charge >= 0.3 is 5.97 Å². The second-order valence-electron chi connectivity index (χ2n) is 7.05. The standard InChI is InChI=1S/C20H32O5/c1-2-3-6-9-15(21)12-13-17-16(18-14-20(24-17)25-18)10-7-4-5-8-11-19(22)23/h4,7,12-13,15-18,20-21H,2-3,5-6,8-11,14H2,1H3,(H,22,23)/b7-4?,13-12+/t15-,16+,17+,18-,20+/m0/s1. The Hall–Kier alpha value is -1.17. The van der Waals surface area contributed by atoms with Crippen molar-refractivity contribution in [1.29, 1.82) is 0 Å². The van der Waals surface area contributed by atoms with Gasteiger partial charge in [-0.05, 0) is 25.7 Å². The van der Waals surface area contributed by atoms with E-state index >= 15 is 0 Å². The van der Waals surface area contributed by atoms with Gasteiger partial charge in [0.15, 0.2) is 6.29 Å². The molecule has 0 amide bonds. The maximum absolute atomic E-state index is 10.5. The van der Waals surface area contributed by atoms with Crippen LogP contribution >= 0.6 is 0 Å². The van der Waals surface area contributed by atoms with Gasteiger partial charge in [0.2, 0.25) is 0 Å². The predicted octanol–water partition coefficient (Wildman–Crippen LogP) is 3.82. The van der Waals surface area contributed by atoms with Crippen molar-refractivity contribution < 1.29 is 24.5 Å². The van der Waals surface area contributed by atoms with Gasteiger partial charge in [-0.3, -0.25) is 4.79 Å². The third-order valence-electron chi connectivity index (χ3n) is 4.92. The van der Waals surface area contributed by atoms with E-state index in [1.807, 2.05) is 18.2 Å². The Kier molecular flexibility index (Phi) is 8.65. The molecular weight excluding hydrogens is 320 g/mol. The van der Waals surface area contributed by atoms with Crippen LogP contribution in [0.15, 0.2) is 24.3 Å². The Morgan fingerprint density at radius 3 is 2.76 bits per heavy atom. The number of hydrogen-bond donors (Lipinski definition) is 2. The molecule has 5 heteroatoms. The van der Waals surface area contributed by atoms with E-state index in [1.54, 1.807) is 0 Å². The first kappa shape index (κ1) is 20.1. The minimum atomic E-state index is -0.745. The number of aliphatic carboxylic acids is 1. The molecule has 0 spiro atoms. The molecule has 142 valence electrons. The van der Waals surface area contributed by atoms with Gasteiger partial charge in [-0.1, -0.05) is 50.5 Å². The number of unbranched alkanes of at least 4 members (excludes halogenated alkanes) is 3. The lowest BCUT2D eigenvalue weighted by Crippen LogP contribution is -2.55. The summed E-state index contributed by atoms with van der Waals surface area (Å²) in [4.78, 5) is 10.5. The number of carboxylic acids is 1. The highest BCUT2D eigenvalue weighted by Crippen LogP contribution is 2.40. The quantitative estimate of drug-likeness (QED) is 0.412. The summed E-state index contributed by atoms with van der Waals surface area (Å²) in [5.41, 5.74) is 0. The summed E-state index contributed by atoms with van der Waals surface area (Å²) in [6.07, 6.45) is 15.4. The Morgan fingerprint density at radius 2 is 2.04 bits per heavy atom. The molecule has 0 unspecified atom stereocenters. The molecule has 3 saturated heterocycles. The summed E-state index contributed by atoms with van der Waals surface area (Å²) in [5, 5.41) is 18.7. The molecule has 0 aromatic heterocycles. The van der Waals surface area contributed by atoms with Crippen molar-refractivity contribution in [2.24, 2.45) is 5.92 Å². The lowest BCUT2D eigenvalue weighted by atomic mass is 9.84. The summed E-state index contributed by atoms with van der Waals surface area (Å²) in [6, 6.07) is 0. The third kappa shape index (κ3) is 6.92. The first-order valence-electron chi connectivity index (χ1n) is 9.64. The first-order chi connectivity index (χ1) is 12.1. The molecular formula is C20H32O5. The molecule has 5 atom stereocenters. The Labute approximate surface area is 150 Å². The molecule has 0 aromatic rings. The molecule has 3 rings (SSSR count). The Balaban J connectivity index is 1.76. The number of carbonyl (C=O) groups is 1. The largest absolute Gasteiger partial charge is 0.481 e. The van der Waals surface area contributed by atoms with E-state index in [-0.39, 0.29) is 30.8 Å². The number of rotatable bonds is 12.